The third-order valence-corrected chi connectivity index (χ3v) is 5.78. The Labute approximate surface area is 186 Å². The fraction of sp³-hybridized carbons (Fsp3) is 0.261. The Balaban J connectivity index is 0.00000155. The fourth-order valence-electron chi connectivity index (χ4n) is 2.66. The number of hydrogen-bond acceptors (Lipinski definition) is 5. The lowest BCUT2D eigenvalue weighted by molar-refractivity contribution is -0.115. The molecule has 0 aliphatic heterocycles. The molecule has 2 N–H and O–H groups in total. The minimum Gasteiger partial charge on any atom is -0.343 e. The number of carbonyl (C=O) groups is 2. The zero-order valence-electron chi connectivity index (χ0n) is 17.9. The van der Waals surface area contributed by atoms with Crippen molar-refractivity contribution in [2.75, 3.05) is 18.1 Å². The van der Waals surface area contributed by atoms with Crippen molar-refractivity contribution in [1.82, 2.24) is 10.3 Å². The number of benzene rings is 2. The largest absolute Gasteiger partial charge is 0.343 e. The molecule has 0 fully saturated rings. The van der Waals surface area contributed by atoms with E-state index in [1.54, 1.807) is 17.8 Å². The quantitative estimate of drug-likeness (QED) is 0.493. The van der Waals surface area contributed by atoms with E-state index in [1.807, 2.05) is 75.7 Å². The van der Waals surface area contributed by atoms with Crippen molar-refractivity contribution in [3.05, 3.63) is 64.5 Å². The SMILES string of the molecule is CC.CSc1cc(C(=O)NCC(=O)Nc2nc(-c3cccc(C)c3)cs2)ccc1C. The molecule has 2 aromatic carbocycles. The fourth-order valence-corrected chi connectivity index (χ4v) is 4.03. The van der Waals surface area contributed by atoms with Gasteiger partial charge in [-0.05, 0) is 43.9 Å². The second-order valence-electron chi connectivity index (χ2n) is 6.32. The van der Waals surface area contributed by atoms with Crippen molar-refractivity contribution in [3.63, 3.8) is 0 Å². The molecule has 0 radical (unpaired) electrons. The van der Waals surface area contributed by atoms with Crippen molar-refractivity contribution < 1.29 is 9.59 Å². The second-order valence-corrected chi connectivity index (χ2v) is 8.03. The van der Waals surface area contributed by atoms with Gasteiger partial charge in [0.05, 0.1) is 12.2 Å². The van der Waals surface area contributed by atoms with Crippen LogP contribution in [-0.4, -0.2) is 29.6 Å². The van der Waals surface area contributed by atoms with E-state index in [2.05, 4.69) is 15.6 Å². The summed E-state index contributed by atoms with van der Waals surface area (Å²) in [4.78, 5) is 29.9. The van der Waals surface area contributed by atoms with Gasteiger partial charge in [0.25, 0.3) is 5.91 Å². The summed E-state index contributed by atoms with van der Waals surface area (Å²) in [6.45, 7) is 7.91. The number of nitrogens with zero attached hydrogens (tertiary/aromatic N) is 1. The van der Waals surface area contributed by atoms with Crippen LogP contribution in [0.15, 0.2) is 52.7 Å². The Morgan fingerprint density at radius 1 is 1.10 bits per heavy atom. The van der Waals surface area contributed by atoms with Gasteiger partial charge in [-0.1, -0.05) is 43.7 Å². The Hall–Kier alpha value is -2.64. The summed E-state index contributed by atoms with van der Waals surface area (Å²) < 4.78 is 0. The molecule has 7 heteroatoms. The van der Waals surface area contributed by atoms with Gasteiger partial charge < -0.3 is 10.6 Å². The minimum absolute atomic E-state index is 0.110. The van der Waals surface area contributed by atoms with Gasteiger partial charge in [0, 0.05) is 21.4 Å². The van der Waals surface area contributed by atoms with Crippen LogP contribution in [0.2, 0.25) is 0 Å². The van der Waals surface area contributed by atoms with E-state index in [0.29, 0.717) is 10.7 Å². The number of thiazole rings is 1. The van der Waals surface area contributed by atoms with Crippen LogP contribution >= 0.6 is 23.1 Å². The lowest BCUT2D eigenvalue weighted by atomic mass is 10.1. The van der Waals surface area contributed by atoms with E-state index in [4.69, 9.17) is 0 Å². The molecule has 0 atom stereocenters. The van der Waals surface area contributed by atoms with E-state index >= 15 is 0 Å². The highest BCUT2D eigenvalue weighted by Crippen LogP contribution is 2.25. The summed E-state index contributed by atoms with van der Waals surface area (Å²) in [6, 6.07) is 13.5. The summed E-state index contributed by atoms with van der Waals surface area (Å²) in [6.07, 6.45) is 1.97. The number of anilines is 1. The van der Waals surface area contributed by atoms with E-state index in [1.165, 1.54) is 11.3 Å². The molecule has 1 aromatic heterocycles. The molecule has 0 spiro atoms. The average Bonchev–Trinajstić information content (AvgIpc) is 3.22. The molecule has 2 amide bonds. The lowest BCUT2D eigenvalue weighted by Gasteiger charge is -2.08. The molecule has 158 valence electrons. The van der Waals surface area contributed by atoms with Crippen molar-refractivity contribution in [2.24, 2.45) is 0 Å². The highest BCUT2D eigenvalue weighted by atomic mass is 32.2. The third-order valence-electron chi connectivity index (χ3n) is 4.14. The Morgan fingerprint density at radius 2 is 1.87 bits per heavy atom. The molecule has 0 aliphatic carbocycles. The zero-order chi connectivity index (χ0) is 22.1. The second kappa shape index (κ2) is 11.5. The van der Waals surface area contributed by atoms with Crippen LogP contribution in [0.3, 0.4) is 0 Å². The predicted molar refractivity (Wildman–Crippen MR) is 128 cm³/mol. The minimum atomic E-state index is -0.310. The van der Waals surface area contributed by atoms with Gasteiger partial charge in [0.1, 0.15) is 0 Å². The van der Waals surface area contributed by atoms with E-state index in [0.717, 1.165) is 27.3 Å². The van der Waals surface area contributed by atoms with Crippen LogP contribution < -0.4 is 10.6 Å². The first kappa shape index (κ1) is 23.6. The van der Waals surface area contributed by atoms with E-state index < -0.39 is 0 Å². The normalized spacial score (nSPS) is 10.0. The maximum atomic E-state index is 12.3. The Morgan fingerprint density at radius 3 is 2.57 bits per heavy atom. The molecule has 0 saturated heterocycles. The molecular weight excluding hydrogens is 414 g/mol. The number of nitrogens with one attached hydrogen (secondary N) is 2. The Bertz CT molecular complexity index is 1020. The molecule has 3 aromatic rings. The first-order valence-electron chi connectivity index (χ1n) is 9.71. The smallest absolute Gasteiger partial charge is 0.251 e. The average molecular weight is 442 g/mol. The van der Waals surface area contributed by atoms with Crippen molar-refractivity contribution in [3.8, 4) is 11.3 Å². The van der Waals surface area contributed by atoms with Gasteiger partial charge in [-0.15, -0.1) is 23.1 Å². The van der Waals surface area contributed by atoms with Gasteiger partial charge in [-0.3, -0.25) is 9.59 Å². The highest BCUT2D eigenvalue weighted by Gasteiger charge is 2.12. The molecule has 0 aliphatic rings. The molecule has 5 nitrogen and oxygen atoms in total. The van der Waals surface area contributed by atoms with Crippen molar-refractivity contribution >= 4 is 40.0 Å². The van der Waals surface area contributed by atoms with Gasteiger partial charge in [0.15, 0.2) is 5.13 Å². The van der Waals surface area contributed by atoms with Crippen LogP contribution in [0.4, 0.5) is 5.13 Å². The van der Waals surface area contributed by atoms with Gasteiger partial charge in [-0.25, -0.2) is 4.98 Å². The van der Waals surface area contributed by atoms with Crippen molar-refractivity contribution in [1.29, 1.82) is 0 Å². The number of carbonyl (C=O) groups excluding carboxylic acids is 2. The predicted octanol–water partition coefficient (Wildman–Crippen LogP) is 5.54. The maximum absolute atomic E-state index is 12.3. The molecule has 0 bridgehead atoms. The number of thioether (sulfide) groups is 1. The standard InChI is InChI=1S/C21H21N3O2S2.C2H6/c1-13-5-4-6-15(9-13)17-12-28-21(23-17)24-19(25)11-22-20(26)16-8-7-14(2)18(10-16)27-3;1-2/h4-10,12H,11H2,1-3H3,(H,22,26)(H,23,24,25);1-2H3. The van der Waals surface area contributed by atoms with Gasteiger partial charge >= 0.3 is 0 Å². The zero-order valence-corrected chi connectivity index (χ0v) is 19.5. The number of amides is 2. The van der Waals surface area contributed by atoms with Crippen LogP contribution in [-0.2, 0) is 4.79 Å². The number of hydrogen-bond donors (Lipinski definition) is 2. The first-order chi connectivity index (χ1) is 14.5. The molecule has 1 heterocycles. The monoisotopic (exact) mass is 441 g/mol. The summed E-state index contributed by atoms with van der Waals surface area (Å²) in [5, 5.41) is 7.80. The third kappa shape index (κ3) is 6.43. The van der Waals surface area contributed by atoms with Crippen LogP contribution in [0.1, 0.15) is 35.3 Å². The molecule has 30 heavy (non-hydrogen) atoms. The maximum Gasteiger partial charge on any atom is 0.251 e. The summed E-state index contributed by atoms with van der Waals surface area (Å²) >= 11 is 2.95. The van der Waals surface area contributed by atoms with Crippen LogP contribution in [0.5, 0.6) is 0 Å². The summed E-state index contributed by atoms with van der Waals surface area (Å²) in [5.74, 6) is -0.583. The first-order valence-corrected chi connectivity index (χ1v) is 11.8. The molecule has 3 rings (SSSR count). The number of aryl methyl sites for hydroxylation is 2. The van der Waals surface area contributed by atoms with Crippen LogP contribution in [0, 0.1) is 13.8 Å². The van der Waals surface area contributed by atoms with Crippen LogP contribution in [0.25, 0.3) is 11.3 Å². The van der Waals surface area contributed by atoms with E-state index in [-0.39, 0.29) is 18.4 Å². The molecule has 0 unspecified atom stereocenters. The van der Waals surface area contributed by atoms with Gasteiger partial charge in [0.2, 0.25) is 5.91 Å². The van der Waals surface area contributed by atoms with E-state index in [9.17, 15) is 9.59 Å². The molecular formula is C23H27N3O2S2. The highest BCUT2D eigenvalue weighted by molar-refractivity contribution is 7.98. The summed E-state index contributed by atoms with van der Waals surface area (Å²) in [5.41, 5.74) is 4.64. The Kier molecular flexibility index (Phi) is 9.08. The van der Waals surface area contributed by atoms with Gasteiger partial charge in [-0.2, -0.15) is 0 Å². The lowest BCUT2D eigenvalue weighted by Crippen LogP contribution is -2.32. The topological polar surface area (TPSA) is 71.1 Å². The van der Waals surface area contributed by atoms with Crippen molar-refractivity contribution in [2.45, 2.75) is 32.6 Å². The summed E-state index contributed by atoms with van der Waals surface area (Å²) in [7, 11) is 0. The molecule has 0 saturated carbocycles. The number of aromatic nitrogens is 1. The number of rotatable bonds is 6.